The van der Waals surface area contributed by atoms with Crippen molar-refractivity contribution in [3.8, 4) is 5.75 Å². The molecule has 4 nitrogen and oxygen atoms in total. The van der Waals surface area contributed by atoms with Crippen LogP contribution in [0.1, 0.15) is 29.6 Å². The van der Waals surface area contributed by atoms with Gasteiger partial charge in [0, 0.05) is 24.2 Å². The number of nitrogens with one attached hydrogen (secondary N) is 1. The molecule has 124 valence electrons. The molecule has 0 fully saturated rings. The average molecular weight is 315 g/mol. The van der Waals surface area contributed by atoms with E-state index in [-0.39, 0.29) is 0 Å². The van der Waals surface area contributed by atoms with E-state index in [0.29, 0.717) is 13.1 Å². The molecule has 4 heteroatoms. The van der Waals surface area contributed by atoms with Crippen LogP contribution in [0.2, 0.25) is 0 Å². The molecule has 0 amide bonds. The summed E-state index contributed by atoms with van der Waals surface area (Å²) in [5, 5.41) is 13.9. The summed E-state index contributed by atoms with van der Waals surface area (Å²) < 4.78 is 10.8. The Morgan fingerprint density at radius 2 is 2.04 bits per heavy atom. The minimum Gasteiger partial charge on any atom is -0.496 e. The first-order valence-electron chi connectivity index (χ1n) is 7.74. The molecular formula is C19H25NO3. The van der Waals surface area contributed by atoms with E-state index in [1.54, 1.807) is 14.0 Å². The molecule has 1 atom stereocenters. The lowest BCUT2D eigenvalue weighted by atomic mass is 9.96. The van der Waals surface area contributed by atoms with Gasteiger partial charge in [-0.1, -0.05) is 30.4 Å². The molecule has 2 aromatic rings. The molecule has 2 rings (SSSR count). The van der Waals surface area contributed by atoms with Crippen LogP contribution < -0.4 is 10.1 Å². The van der Waals surface area contributed by atoms with Gasteiger partial charge in [0.2, 0.25) is 0 Å². The molecule has 0 aliphatic rings. The number of rotatable bonds is 7. The van der Waals surface area contributed by atoms with E-state index in [0.717, 1.165) is 28.4 Å². The van der Waals surface area contributed by atoms with E-state index in [4.69, 9.17) is 9.15 Å². The van der Waals surface area contributed by atoms with Crippen molar-refractivity contribution < 1.29 is 14.3 Å². The van der Waals surface area contributed by atoms with Crippen molar-refractivity contribution in [2.24, 2.45) is 0 Å². The third-order valence-electron chi connectivity index (χ3n) is 3.79. The third kappa shape index (κ3) is 4.47. The van der Waals surface area contributed by atoms with Gasteiger partial charge in [0.25, 0.3) is 0 Å². The van der Waals surface area contributed by atoms with Gasteiger partial charge in [-0.2, -0.15) is 0 Å². The van der Waals surface area contributed by atoms with Gasteiger partial charge < -0.3 is 19.6 Å². The molecule has 1 aromatic heterocycles. The van der Waals surface area contributed by atoms with Gasteiger partial charge in [-0.15, -0.1) is 0 Å². The molecule has 1 aromatic carbocycles. The van der Waals surface area contributed by atoms with Crippen LogP contribution in [-0.2, 0) is 5.60 Å². The number of furan rings is 1. The Morgan fingerprint density at radius 1 is 1.30 bits per heavy atom. The average Bonchev–Trinajstić information content (AvgIpc) is 2.87. The maximum atomic E-state index is 10.6. The molecule has 0 spiro atoms. The zero-order chi connectivity index (χ0) is 16.9. The van der Waals surface area contributed by atoms with Gasteiger partial charge in [-0.05, 0) is 32.9 Å². The number of aliphatic hydroxyl groups is 1. The van der Waals surface area contributed by atoms with Crippen molar-refractivity contribution in [1.82, 2.24) is 5.32 Å². The SMILES string of the molecule is COc1ccccc1C=CCNCC(C)(O)c1cc(C)oc1C. The third-order valence-corrected chi connectivity index (χ3v) is 3.79. The largest absolute Gasteiger partial charge is 0.496 e. The molecule has 0 aliphatic heterocycles. The second kappa shape index (κ2) is 7.49. The van der Waals surface area contributed by atoms with Crippen molar-refractivity contribution in [2.45, 2.75) is 26.4 Å². The van der Waals surface area contributed by atoms with E-state index in [1.165, 1.54) is 0 Å². The maximum Gasteiger partial charge on any atom is 0.126 e. The summed E-state index contributed by atoms with van der Waals surface area (Å²) in [7, 11) is 1.66. The second-order valence-electron chi connectivity index (χ2n) is 5.88. The highest BCUT2D eigenvalue weighted by molar-refractivity contribution is 5.57. The molecule has 0 radical (unpaired) electrons. The van der Waals surface area contributed by atoms with E-state index in [1.807, 2.05) is 56.3 Å². The van der Waals surface area contributed by atoms with E-state index in [2.05, 4.69) is 5.32 Å². The van der Waals surface area contributed by atoms with Gasteiger partial charge in [-0.25, -0.2) is 0 Å². The van der Waals surface area contributed by atoms with Crippen molar-refractivity contribution in [2.75, 3.05) is 20.2 Å². The standard InChI is InChI=1S/C19H25NO3/c1-14-12-17(15(2)23-14)19(3,21)13-20-11-7-9-16-8-5-6-10-18(16)22-4/h5-10,12,20-21H,11,13H2,1-4H3. The zero-order valence-corrected chi connectivity index (χ0v) is 14.2. The van der Waals surface area contributed by atoms with Crippen LogP contribution in [0.5, 0.6) is 5.75 Å². The summed E-state index contributed by atoms with van der Waals surface area (Å²) in [4.78, 5) is 0. The van der Waals surface area contributed by atoms with Crippen LogP contribution in [0.15, 0.2) is 40.8 Å². The number of ether oxygens (including phenoxy) is 1. The van der Waals surface area contributed by atoms with E-state index >= 15 is 0 Å². The van der Waals surface area contributed by atoms with Crippen LogP contribution in [0.25, 0.3) is 6.08 Å². The van der Waals surface area contributed by atoms with Crippen LogP contribution in [0.3, 0.4) is 0 Å². The molecule has 1 unspecified atom stereocenters. The van der Waals surface area contributed by atoms with Crippen LogP contribution in [-0.4, -0.2) is 25.3 Å². The summed E-state index contributed by atoms with van der Waals surface area (Å²) in [5.41, 5.74) is 0.904. The first-order chi connectivity index (χ1) is 10.9. The normalized spacial score (nSPS) is 14.1. The minimum atomic E-state index is -0.958. The van der Waals surface area contributed by atoms with Gasteiger partial charge in [-0.3, -0.25) is 0 Å². The van der Waals surface area contributed by atoms with Crippen LogP contribution in [0.4, 0.5) is 0 Å². The molecule has 1 heterocycles. The summed E-state index contributed by atoms with van der Waals surface area (Å²) in [6, 6.07) is 9.75. The highest BCUT2D eigenvalue weighted by atomic mass is 16.5. The number of hydrogen-bond donors (Lipinski definition) is 2. The topological polar surface area (TPSA) is 54.6 Å². The van der Waals surface area contributed by atoms with E-state index < -0.39 is 5.60 Å². The monoisotopic (exact) mass is 315 g/mol. The highest BCUT2D eigenvalue weighted by Crippen LogP contribution is 2.26. The Hall–Kier alpha value is -2.04. The number of hydrogen-bond acceptors (Lipinski definition) is 4. The predicted molar refractivity (Wildman–Crippen MR) is 92.7 cm³/mol. The Morgan fingerprint density at radius 3 is 2.70 bits per heavy atom. The number of methoxy groups -OCH3 is 1. The lowest BCUT2D eigenvalue weighted by Gasteiger charge is -2.23. The highest BCUT2D eigenvalue weighted by Gasteiger charge is 2.26. The van der Waals surface area contributed by atoms with Crippen LogP contribution in [0, 0.1) is 13.8 Å². The summed E-state index contributed by atoms with van der Waals surface area (Å²) >= 11 is 0. The second-order valence-corrected chi connectivity index (χ2v) is 5.88. The molecule has 0 aliphatic carbocycles. The molecular weight excluding hydrogens is 290 g/mol. The predicted octanol–water partition coefficient (Wildman–Crippen LogP) is 3.42. The first-order valence-corrected chi connectivity index (χ1v) is 7.74. The van der Waals surface area contributed by atoms with Crippen molar-refractivity contribution >= 4 is 6.08 Å². The Kier molecular flexibility index (Phi) is 5.64. The lowest BCUT2D eigenvalue weighted by Crippen LogP contribution is -2.35. The fourth-order valence-corrected chi connectivity index (χ4v) is 2.65. The van der Waals surface area contributed by atoms with Gasteiger partial charge in [0.05, 0.1) is 7.11 Å². The maximum absolute atomic E-state index is 10.6. The number of para-hydroxylation sites is 1. The summed E-state index contributed by atoms with van der Waals surface area (Å²) in [6.45, 7) is 6.66. The van der Waals surface area contributed by atoms with Crippen LogP contribution >= 0.6 is 0 Å². The molecule has 23 heavy (non-hydrogen) atoms. The van der Waals surface area contributed by atoms with Gasteiger partial charge in [0.1, 0.15) is 22.9 Å². The molecule has 0 saturated heterocycles. The van der Waals surface area contributed by atoms with E-state index in [9.17, 15) is 5.11 Å². The zero-order valence-electron chi connectivity index (χ0n) is 14.2. The van der Waals surface area contributed by atoms with Crippen molar-refractivity contribution in [3.05, 3.63) is 59.1 Å². The number of aryl methyl sites for hydroxylation is 2. The molecule has 0 bridgehead atoms. The van der Waals surface area contributed by atoms with Crippen molar-refractivity contribution in [1.29, 1.82) is 0 Å². The Labute approximate surface area is 137 Å². The summed E-state index contributed by atoms with van der Waals surface area (Å²) in [6.07, 6.45) is 4.02. The fraction of sp³-hybridized carbons (Fsp3) is 0.368. The lowest BCUT2D eigenvalue weighted by molar-refractivity contribution is 0.0566. The minimum absolute atomic E-state index is 0.447. The Balaban J connectivity index is 1.89. The molecule has 2 N–H and O–H groups in total. The molecule has 0 saturated carbocycles. The Bertz CT molecular complexity index is 671. The first kappa shape index (κ1) is 17.3. The quantitative estimate of drug-likeness (QED) is 0.769. The number of benzene rings is 1. The fourth-order valence-electron chi connectivity index (χ4n) is 2.65. The van der Waals surface area contributed by atoms with Crippen molar-refractivity contribution in [3.63, 3.8) is 0 Å². The van der Waals surface area contributed by atoms with Gasteiger partial charge >= 0.3 is 0 Å². The van der Waals surface area contributed by atoms with Gasteiger partial charge in [0.15, 0.2) is 0 Å². The summed E-state index contributed by atoms with van der Waals surface area (Å²) in [5.74, 6) is 2.42. The smallest absolute Gasteiger partial charge is 0.126 e.